The van der Waals surface area contributed by atoms with E-state index in [4.69, 9.17) is 0 Å². The van der Waals surface area contributed by atoms with Crippen LogP contribution in [0.15, 0.2) is 66.7 Å². The number of hydrogen-bond acceptors (Lipinski definition) is 4. The second-order valence-corrected chi connectivity index (χ2v) is 14.4. The maximum Gasteiger partial charge on any atom is 0.416 e. The van der Waals surface area contributed by atoms with Crippen molar-refractivity contribution in [2.24, 2.45) is 0 Å². The number of nitrogens with one attached hydrogen (secondary N) is 2. The molecule has 3 unspecified atom stereocenters. The number of amides is 3. The average molecular weight is 839 g/mol. The molecule has 5 rings (SSSR count). The molecule has 7 nitrogen and oxygen atoms in total. The van der Waals surface area contributed by atoms with Gasteiger partial charge in [0, 0.05) is 37.3 Å². The van der Waals surface area contributed by atoms with Crippen LogP contribution < -0.4 is 10.6 Å². The second kappa shape index (κ2) is 17.2. The zero-order valence-corrected chi connectivity index (χ0v) is 30.7. The Kier molecular flexibility index (Phi) is 13.1. The Hall–Kier alpha value is -4.81. The summed E-state index contributed by atoms with van der Waals surface area (Å²) in [5.74, 6) is -4.00. The van der Waals surface area contributed by atoms with Gasteiger partial charge in [0.05, 0.1) is 40.8 Å². The molecule has 0 radical (unpaired) electrons. The molecule has 3 aromatic rings. The number of alkyl halides is 12. The summed E-state index contributed by atoms with van der Waals surface area (Å²) in [6, 6.07) is 9.06. The van der Waals surface area contributed by atoms with E-state index in [2.05, 4.69) is 10.6 Å². The molecule has 316 valence electrons. The summed E-state index contributed by atoms with van der Waals surface area (Å²) < 4.78 is 162. The molecular weight excluding hydrogens is 800 g/mol. The highest BCUT2D eigenvalue weighted by Gasteiger charge is 2.41. The number of carbonyl (C=O) groups excluding carboxylic acids is 3. The number of likely N-dealkylation sites (tertiary alicyclic amines) is 2. The van der Waals surface area contributed by atoms with Crippen LogP contribution in [0.4, 0.5) is 52.7 Å². The molecule has 0 bridgehead atoms. The van der Waals surface area contributed by atoms with E-state index in [1.165, 1.54) is 9.80 Å². The number of piperidine rings is 2. The largest absolute Gasteiger partial charge is 0.416 e. The lowest BCUT2D eigenvalue weighted by atomic mass is 9.88. The number of nitrogens with zero attached hydrogens (tertiary/aromatic N) is 2. The van der Waals surface area contributed by atoms with Gasteiger partial charge >= 0.3 is 24.7 Å². The van der Waals surface area contributed by atoms with Crippen molar-refractivity contribution in [3.8, 4) is 0 Å². The fourth-order valence-corrected chi connectivity index (χ4v) is 7.26. The molecule has 2 heterocycles. The van der Waals surface area contributed by atoms with Gasteiger partial charge in [0.25, 0.3) is 5.91 Å². The smallest absolute Gasteiger partial charge is 0.347 e. The maximum absolute atomic E-state index is 13.9. The number of hydrogen-bond donors (Lipinski definition) is 2. The first-order valence-electron chi connectivity index (χ1n) is 18.2. The molecule has 2 aliphatic heterocycles. The first-order chi connectivity index (χ1) is 26.9. The molecule has 2 saturated heterocycles. The minimum atomic E-state index is -5.15. The van der Waals surface area contributed by atoms with Crippen molar-refractivity contribution in [2.75, 3.05) is 26.2 Å². The van der Waals surface area contributed by atoms with E-state index < -0.39 is 100 Å². The molecule has 0 spiro atoms. The molecule has 2 aliphatic rings. The van der Waals surface area contributed by atoms with Gasteiger partial charge in [-0.2, -0.15) is 52.7 Å². The van der Waals surface area contributed by atoms with Gasteiger partial charge in [0.1, 0.15) is 0 Å². The monoisotopic (exact) mass is 838 g/mol. The lowest BCUT2D eigenvalue weighted by Crippen LogP contribution is -2.60. The lowest BCUT2D eigenvalue weighted by Gasteiger charge is -2.44. The van der Waals surface area contributed by atoms with Crippen LogP contribution in [0.1, 0.15) is 82.3 Å². The number of halogens is 12. The summed E-state index contributed by atoms with van der Waals surface area (Å²) in [6.07, 6.45) is -18.7. The van der Waals surface area contributed by atoms with Gasteiger partial charge in [-0.05, 0) is 86.6 Å². The summed E-state index contributed by atoms with van der Waals surface area (Å²) in [6.45, 7) is 0.940. The fraction of sp³-hybridized carbons (Fsp3) is 0.462. The van der Waals surface area contributed by atoms with Crippen LogP contribution in [0.3, 0.4) is 0 Å². The Morgan fingerprint density at radius 3 is 1.69 bits per heavy atom. The predicted molar refractivity (Wildman–Crippen MR) is 185 cm³/mol. The van der Waals surface area contributed by atoms with Gasteiger partial charge < -0.3 is 20.4 Å². The average Bonchev–Trinajstić information content (AvgIpc) is 3.15. The van der Waals surface area contributed by atoms with Gasteiger partial charge in [0.15, 0.2) is 0 Å². The van der Waals surface area contributed by atoms with Gasteiger partial charge in [-0.1, -0.05) is 30.3 Å². The summed E-state index contributed by atoms with van der Waals surface area (Å²) in [5, 5.41) is 5.77. The Balaban J connectivity index is 1.24. The molecule has 3 aromatic carbocycles. The third-order valence-corrected chi connectivity index (χ3v) is 10.4. The van der Waals surface area contributed by atoms with E-state index in [0.29, 0.717) is 49.9 Å². The quantitative estimate of drug-likeness (QED) is 0.212. The zero-order valence-electron chi connectivity index (χ0n) is 30.7. The van der Waals surface area contributed by atoms with E-state index in [0.717, 1.165) is 12.5 Å². The SMILES string of the molecule is CC(C(=O)NCC(=O)N1CCC(NC2CCCN(C(=O)c3cc(C(F)(F)F)cc(C(F)(F)F)c3)C2Cc2ccccc2)CC1)c1cc(C(F)(F)F)cc(C(F)(F)F)c1. The van der Waals surface area contributed by atoms with Gasteiger partial charge in [-0.3, -0.25) is 14.4 Å². The van der Waals surface area contributed by atoms with Crippen LogP contribution in [-0.4, -0.2) is 71.8 Å². The Bertz CT molecular complexity index is 1870. The van der Waals surface area contributed by atoms with E-state index in [1.807, 2.05) is 0 Å². The van der Waals surface area contributed by atoms with Crippen molar-refractivity contribution in [3.05, 3.63) is 106 Å². The van der Waals surface area contributed by atoms with Crippen LogP contribution in [0.25, 0.3) is 0 Å². The molecule has 2 fully saturated rings. The van der Waals surface area contributed by atoms with Crippen molar-refractivity contribution in [3.63, 3.8) is 0 Å². The van der Waals surface area contributed by atoms with E-state index in [-0.39, 0.29) is 44.2 Å². The van der Waals surface area contributed by atoms with Crippen LogP contribution >= 0.6 is 0 Å². The van der Waals surface area contributed by atoms with Crippen molar-refractivity contribution in [2.45, 2.75) is 87.8 Å². The number of carbonyl (C=O) groups is 3. The van der Waals surface area contributed by atoms with Crippen molar-refractivity contribution in [1.29, 1.82) is 0 Å². The minimum Gasteiger partial charge on any atom is -0.347 e. The normalized spacial score (nSPS) is 19.2. The molecule has 0 aliphatic carbocycles. The number of benzene rings is 3. The van der Waals surface area contributed by atoms with E-state index >= 15 is 0 Å². The van der Waals surface area contributed by atoms with Crippen molar-refractivity contribution >= 4 is 17.7 Å². The first kappa shape index (κ1) is 44.3. The lowest BCUT2D eigenvalue weighted by molar-refractivity contribution is -0.144. The molecule has 0 aromatic heterocycles. The Morgan fingerprint density at radius 2 is 1.19 bits per heavy atom. The maximum atomic E-state index is 13.9. The minimum absolute atomic E-state index is 0.0405. The van der Waals surface area contributed by atoms with Gasteiger partial charge in [-0.25, -0.2) is 0 Å². The second-order valence-electron chi connectivity index (χ2n) is 14.4. The predicted octanol–water partition coefficient (Wildman–Crippen LogP) is 8.48. The first-order valence-corrected chi connectivity index (χ1v) is 18.2. The summed E-state index contributed by atoms with van der Waals surface area (Å²) in [4.78, 5) is 42.4. The third-order valence-electron chi connectivity index (χ3n) is 10.4. The number of rotatable bonds is 9. The van der Waals surface area contributed by atoms with E-state index in [1.54, 1.807) is 30.3 Å². The summed E-state index contributed by atoms with van der Waals surface area (Å²) in [5.41, 5.74) is -6.92. The molecule has 19 heteroatoms. The van der Waals surface area contributed by atoms with Gasteiger partial charge in [0.2, 0.25) is 11.8 Å². The summed E-state index contributed by atoms with van der Waals surface area (Å²) in [7, 11) is 0. The van der Waals surface area contributed by atoms with Crippen LogP contribution in [0, 0.1) is 0 Å². The standard InChI is InChI=1S/C39H38F12N4O3/c1-22(24-15-26(36(40,41)42)19-27(16-24)37(43,44)45)34(57)52-21-33(56)54-12-9-30(10-13-54)53-31-8-5-11-55(32(31)14-23-6-3-2-4-7-23)35(58)25-17-28(38(46,47)48)20-29(18-25)39(49,50)51/h2-4,6-7,15-20,22,30-32,53H,5,8-14,21H2,1H3,(H,52,57). The summed E-state index contributed by atoms with van der Waals surface area (Å²) >= 11 is 0. The zero-order chi connectivity index (χ0) is 42.8. The van der Waals surface area contributed by atoms with Crippen molar-refractivity contribution < 1.29 is 67.1 Å². The molecule has 58 heavy (non-hydrogen) atoms. The van der Waals surface area contributed by atoms with Crippen molar-refractivity contribution in [1.82, 2.24) is 20.4 Å². The molecule has 3 atom stereocenters. The highest BCUT2D eigenvalue weighted by molar-refractivity contribution is 5.95. The van der Waals surface area contributed by atoms with Crippen LogP contribution in [0.5, 0.6) is 0 Å². The topological polar surface area (TPSA) is 81.8 Å². The van der Waals surface area contributed by atoms with Crippen LogP contribution in [-0.2, 0) is 40.7 Å². The molecular formula is C39H38F12N4O3. The van der Waals surface area contributed by atoms with Gasteiger partial charge in [-0.15, -0.1) is 0 Å². The molecule has 2 N–H and O–H groups in total. The third kappa shape index (κ3) is 11.0. The highest BCUT2D eigenvalue weighted by atomic mass is 19.4. The Morgan fingerprint density at radius 1 is 0.690 bits per heavy atom. The fourth-order valence-electron chi connectivity index (χ4n) is 7.26. The van der Waals surface area contributed by atoms with Crippen LogP contribution in [0.2, 0.25) is 0 Å². The Labute approximate surface area is 324 Å². The molecule has 3 amide bonds. The van der Waals surface area contributed by atoms with E-state index in [9.17, 15) is 67.1 Å². The highest BCUT2D eigenvalue weighted by Crippen LogP contribution is 2.39. The molecule has 0 saturated carbocycles.